The smallest absolute Gasteiger partial charge is 0.416 e. The average Bonchev–Trinajstić information content (AvgIpc) is 3.04. The molecule has 0 saturated carbocycles. The van der Waals surface area contributed by atoms with E-state index in [0.29, 0.717) is 62.8 Å². The number of hydrogen-bond donors (Lipinski definition) is 1. The summed E-state index contributed by atoms with van der Waals surface area (Å²) in [5.41, 5.74) is 1.01. The van der Waals surface area contributed by atoms with Crippen molar-refractivity contribution in [1.29, 1.82) is 0 Å². The zero-order valence-corrected chi connectivity index (χ0v) is 25.3. The van der Waals surface area contributed by atoms with E-state index in [1.54, 1.807) is 42.2 Å². The molecule has 3 aromatic rings. The quantitative estimate of drug-likeness (QED) is 0.437. The number of nitrogens with one attached hydrogen (secondary N) is 1. The van der Waals surface area contributed by atoms with Crippen LogP contribution in [0.3, 0.4) is 0 Å². The summed E-state index contributed by atoms with van der Waals surface area (Å²) in [5.74, 6) is -0.816. The first-order chi connectivity index (χ1) is 22.0. The highest BCUT2D eigenvalue weighted by molar-refractivity contribution is 6.07. The van der Waals surface area contributed by atoms with E-state index in [9.17, 15) is 32.3 Å². The van der Waals surface area contributed by atoms with Crippen LogP contribution in [0, 0.1) is 5.92 Å². The Labute approximate surface area is 263 Å². The Kier molecular flexibility index (Phi) is 8.49. The van der Waals surface area contributed by atoms with Crippen LogP contribution in [0.1, 0.15) is 51.2 Å². The standard InChI is InChI=1S/C33H34F3N5O5/c1-2-46-32(45)39-13-11-38(12-14-39)31(44)23-9-10-28(26(17-23)37-30(43)22-5-3-6-25(16-22)33(34,35)36)40-18-21-15-24(20-40)27-7-4-8-29(42)41(27)19-21/h3-10,16-17,21,24H,2,11-15,18-20H2,1H3,(H,37,43)/t21-,24+/m1/s1. The van der Waals surface area contributed by atoms with E-state index >= 15 is 0 Å². The normalized spacial score (nSPS) is 19.3. The molecule has 3 aliphatic rings. The van der Waals surface area contributed by atoms with Crippen molar-refractivity contribution in [2.75, 3.05) is 56.1 Å². The first-order valence-corrected chi connectivity index (χ1v) is 15.3. The van der Waals surface area contributed by atoms with Crippen LogP contribution < -0.4 is 15.8 Å². The lowest BCUT2D eigenvalue weighted by atomic mass is 9.83. The zero-order chi connectivity index (χ0) is 32.6. The molecule has 4 heterocycles. The van der Waals surface area contributed by atoms with Gasteiger partial charge in [0.05, 0.1) is 23.5 Å². The molecule has 0 unspecified atom stereocenters. The number of benzene rings is 2. The molecule has 2 bridgehead atoms. The fourth-order valence-electron chi connectivity index (χ4n) is 6.66. The van der Waals surface area contributed by atoms with E-state index in [0.717, 1.165) is 24.2 Å². The Morgan fingerprint density at radius 3 is 2.37 bits per heavy atom. The van der Waals surface area contributed by atoms with E-state index in [1.165, 1.54) is 17.0 Å². The molecular formula is C33H34F3N5O5. The molecule has 3 aliphatic heterocycles. The van der Waals surface area contributed by atoms with Gasteiger partial charge in [-0.2, -0.15) is 13.2 Å². The molecule has 242 valence electrons. The minimum absolute atomic E-state index is 0.0411. The highest BCUT2D eigenvalue weighted by atomic mass is 19.4. The Balaban J connectivity index is 1.29. The van der Waals surface area contributed by atoms with Crippen LogP contribution in [0.15, 0.2) is 65.5 Å². The van der Waals surface area contributed by atoms with Crippen LogP contribution in [0.5, 0.6) is 0 Å². The summed E-state index contributed by atoms with van der Waals surface area (Å²) in [4.78, 5) is 56.9. The molecule has 2 saturated heterocycles. The molecule has 13 heteroatoms. The van der Waals surface area contributed by atoms with Gasteiger partial charge in [-0.25, -0.2) is 4.79 Å². The second-order valence-electron chi connectivity index (χ2n) is 11.8. The van der Waals surface area contributed by atoms with Gasteiger partial charge in [-0.15, -0.1) is 0 Å². The Morgan fingerprint density at radius 2 is 1.63 bits per heavy atom. The lowest BCUT2D eigenvalue weighted by Crippen LogP contribution is -2.50. The van der Waals surface area contributed by atoms with Crippen LogP contribution >= 0.6 is 0 Å². The number of halogens is 3. The van der Waals surface area contributed by atoms with Gasteiger partial charge in [0.15, 0.2) is 0 Å². The van der Waals surface area contributed by atoms with Crippen molar-refractivity contribution < 1.29 is 32.3 Å². The third kappa shape index (κ3) is 6.31. The predicted molar refractivity (Wildman–Crippen MR) is 164 cm³/mol. The van der Waals surface area contributed by atoms with Crippen molar-refractivity contribution in [3.63, 3.8) is 0 Å². The van der Waals surface area contributed by atoms with Crippen molar-refractivity contribution in [2.24, 2.45) is 5.92 Å². The van der Waals surface area contributed by atoms with Crippen molar-refractivity contribution in [3.05, 3.63) is 93.4 Å². The number of fused-ring (bicyclic) bond motifs is 4. The molecule has 0 radical (unpaired) electrons. The molecule has 1 N–H and O–H groups in total. The average molecular weight is 638 g/mol. The summed E-state index contributed by atoms with van der Waals surface area (Å²) in [6, 6.07) is 14.4. The summed E-state index contributed by atoms with van der Waals surface area (Å²) >= 11 is 0. The summed E-state index contributed by atoms with van der Waals surface area (Å²) in [6.45, 7) is 4.87. The molecule has 0 spiro atoms. The fraction of sp³-hybridized carbons (Fsp3) is 0.394. The number of anilines is 2. The summed E-state index contributed by atoms with van der Waals surface area (Å²) < 4.78 is 47.1. The molecule has 0 aliphatic carbocycles. The lowest BCUT2D eigenvalue weighted by molar-refractivity contribution is -0.137. The molecule has 3 amide bonds. The number of alkyl halides is 3. The number of ether oxygens (including phenoxy) is 1. The maximum absolute atomic E-state index is 13.6. The number of rotatable bonds is 5. The van der Waals surface area contributed by atoms with Crippen molar-refractivity contribution in [2.45, 2.75) is 32.0 Å². The zero-order valence-electron chi connectivity index (χ0n) is 25.3. The van der Waals surface area contributed by atoms with Gasteiger partial charge in [0, 0.05) is 74.6 Å². The maximum atomic E-state index is 13.6. The van der Waals surface area contributed by atoms with E-state index < -0.39 is 23.7 Å². The molecular weight excluding hydrogens is 603 g/mol. The maximum Gasteiger partial charge on any atom is 0.416 e. The Morgan fingerprint density at radius 1 is 0.891 bits per heavy atom. The van der Waals surface area contributed by atoms with E-state index in [4.69, 9.17) is 4.74 Å². The van der Waals surface area contributed by atoms with Gasteiger partial charge >= 0.3 is 12.3 Å². The fourth-order valence-corrected chi connectivity index (χ4v) is 6.66. The number of carbonyl (C=O) groups excluding carboxylic acids is 3. The minimum atomic E-state index is -4.62. The molecule has 1 aromatic heterocycles. The minimum Gasteiger partial charge on any atom is -0.450 e. The number of aromatic nitrogens is 1. The monoisotopic (exact) mass is 637 g/mol. The molecule has 2 aromatic carbocycles. The number of hydrogen-bond acceptors (Lipinski definition) is 6. The number of carbonyl (C=O) groups is 3. The first kappa shape index (κ1) is 31.2. The van der Waals surface area contributed by atoms with Crippen LogP contribution in [-0.2, 0) is 17.5 Å². The summed E-state index contributed by atoms with van der Waals surface area (Å²) in [7, 11) is 0. The highest BCUT2D eigenvalue weighted by Gasteiger charge is 2.36. The lowest BCUT2D eigenvalue weighted by Gasteiger charge is -2.44. The van der Waals surface area contributed by atoms with Gasteiger partial charge in [0.25, 0.3) is 17.4 Å². The van der Waals surface area contributed by atoms with Crippen LogP contribution in [0.25, 0.3) is 0 Å². The van der Waals surface area contributed by atoms with Crippen molar-refractivity contribution >= 4 is 29.3 Å². The summed E-state index contributed by atoms with van der Waals surface area (Å²) in [5, 5.41) is 2.79. The largest absolute Gasteiger partial charge is 0.450 e. The predicted octanol–water partition coefficient (Wildman–Crippen LogP) is 4.66. The van der Waals surface area contributed by atoms with Gasteiger partial charge in [0.2, 0.25) is 0 Å². The van der Waals surface area contributed by atoms with Crippen molar-refractivity contribution in [3.8, 4) is 0 Å². The van der Waals surface area contributed by atoms with Gasteiger partial charge in [-0.3, -0.25) is 14.4 Å². The van der Waals surface area contributed by atoms with E-state index in [-0.39, 0.29) is 35.5 Å². The highest BCUT2D eigenvalue weighted by Crippen LogP contribution is 2.39. The van der Waals surface area contributed by atoms with E-state index in [1.807, 2.05) is 10.6 Å². The first-order valence-electron chi connectivity index (χ1n) is 15.3. The third-order valence-electron chi connectivity index (χ3n) is 8.86. The topological polar surface area (TPSA) is 104 Å². The van der Waals surface area contributed by atoms with Gasteiger partial charge < -0.3 is 29.3 Å². The number of piperidine rings is 1. The Hall–Kier alpha value is -4.81. The number of nitrogens with zero attached hydrogens (tertiary/aromatic N) is 4. The Bertz CT molecular complexity index is 1720. The number of piperazine rings is 1. The molecule has 6 rings (SSSR count). The van der Waals surface area contributed by atoms with Crippen molar-refractivity contribution in [1.82, 2.24) is 14.4 Å². The SMILES string of the molecule is CCOC(=O)N1CCN(C(=O)c2ccc(N3C[C@H]4C[C@@H](C3)c3cccc(=O)n3C4)c(NC(=O)c3cccc(C(F)(F)F)c3)c2)CC1. The van der Waals surface area contributed by atoms with Crippen LogP contribution in [0.4, 0.5) is 29.3 Å². The second kappa shape index (κ2) is 12.5. The molecule has 2 atom stereocenters. The van der Waals surface area contributed by atoms with Gasteiger partial charge in [-0.05, 0) is 61.7 Å². The second-order valence-corrected chi connectivity index (χ2v) is 11.8. The molecule has 2 fully saturated rings. The summed E-state index contributed by atoms with van der Waals surface area (Å²) in [6.07, 6.45) is -4.15. The third-order valence-corrected chi connectivity index (χ3v) is 8.86. The van der Waals surface area contributed by atoms with Gasteiger partial charge in [0.1, 0.15) is 0 Å². The molecule has 10 nitrogen and oxygen atoms in total. The number of amides is 3. The molecule has 46 heavy (non-hydrogen) atoms. The number of pyridine rings is 1. The van der Waals surface area contributed by atoms with Gasteiger partial charge in [-0.1, -0.05) is 12.1 Å². The van der Waals surface area contributed by atoms with Crippen LogP contribution in [-0.4, -0.2) is 78.1 Å². The van der Waals surface area contributed by atoms with Crippen LogP contribution in [0.2, 0.25) is 0 Å². The van der Waals surface area contributed by atoms with E-state index in [2.05, 4.69) is 10.2 Å².